The standard InChI is InChI=1S/C12H17NO3S/c1-8(14)13-6-11(15)12(16)10-4-2-3-9(5-10)7-17/h2-5,11-12,15-17H,6-7H2,1H3,(H,13,14). The minimum absolute atomic E-state index is 0.0294. The van der Waals surface area contributed by atoms with E-state index in [2.05, 4.69) is 17.9 Å². The van der Waals surface area contributed by atoms with E-state index in [-0.39, 0.29) is 12.5 Å². The van der Waals surface area contributed by atoms with Gasteiger partial charge in [-0.2, -0.15) is 12.6 Å². The molecule has 2 atom stereocenters. The Morgan fingerprint density at radius 2 is 2.18 bits per heavy atom. The van der Waals surface area contributed by atoms with E-state index in [9.17, 15) is 15.0 Å². The molecule has 0 fully saturated rings. The predicted molar refractivity (Wildman–Crippen MR) is 68.8 cm³/mol. The van der Waals surface area contributed by atoms with Crippen LogP contribution in [0.5, 0.6) is 0 Å². The second-order valence-electron chi connectivity index (χ2n) is 3.85. The smallest absolute Gasteiger partial charge is 0.216 e. The molecule has 0 aliphatic carbocycles. The van der Waals surface area contributed by atoms with Crippen molar-refractivity contribution in [1.29, 1.82) is 0 Å². The van der Waals surface area contributed by atoms with E-state index in [0.29, 0.717) is 11.3 Å². The first-order chi connectivity index (χ1) is 8.04. The molecule has 1 rings (SSSR count). The average molecular weight is 255 g/mol. The first kappa shape index (κ1) is 14.0. The van der Waals surface area contributed by atoms with Gasteiger partial charge in [0.2, 0.25) is 5.91 Å². The van der Waals surface area contributed by atoms with E-state index in [4.69, 9.17) is 0 Å². The molecular weight excluding hydrogens is 238 g/mol. The summed E-state index contributed by atoms with van der Waals surface area (Å²) in [6.07, 6.45) is -2.03. The molecule has 17 heavy (non-hydrogen) atoms. The summed E-state index contributed by atoms with van der Waals surface area (Å²) in [4.78, 5) is 10.7. The van der Waals surface area contributed by atoms with Crippen LogP contribution in [0.1, 0.15) is 24.2 Å². The topological polar surface area (TPSA) is 69.6 Å². The largest absolute Gasteiger partial charge is 0.388 e. The zero-order chi connectivity index (χ0) is 12.8. The molecule has 0 aromatic heterocycles. The van der Waals surface area contributed by atoms with Gasteiger partial charge in [-0.25, -0.2) is 0 Å². The lowest BCUT2D eigenvalue weighted by molar-refractivity contribution is -0.119. The Balaban J connectivity index is 2.66. The van der Waals surface area contributed by atoms with Crippen molar-refractivity contribution in [1.82, 2.24) is 5.32 Å². The maximum Gasteiger partial charge on any atom is 0.216 e. The molecule has 4 nitrogen and oxygen atoms in total. The summed E-state index contributed by atoms with van der Waals surface area (Å²) in [6, 6.07) is 7.21. The molecule has 0 aliphatic rings. The molecular formula is C12H17NO3S. The number of carbonyl (C=O) groups is 1. The number of thiol groups is 1. The van der Waals surface area contributed by atoms with Crippen molar-refractivity contribution in [2.75, 3.05) is 6.54 Å². The first-order valence-corrected chi connectivity index (χ1v) is 5.98. The van der Waals surface area contributed by atoms with Gasteiger partial charge in [-0.3, -0.25) is 4.79 Å². The highest BCUT2D eigenvalue weighted by atomic mass is 32.1. The molecule has 94 valence electrons. The van der Waals surface area contributed by atoms with Crippen molar-refractivity contribution >= 4 is 18.5 Å². The Hall–Kier alpha value is -1.04. The molecule has 0 spiro atoms. The van der Waals surface area contributed by atoms with Crippen molar-refractivity contribution in [2.45, 2.75) is 24.9 Å². The normalized spacial score (nSPS) is 14.1. The van der Waals surface area contributed by atoms with E-state index in [1.165, 1.54) is 6.92 Å². The van der Waals surface area contributed by atoms with Crippen molar-refractivity contribution in [3.8, 4) is 0 Å². The molecule has 5 heteroatoms. The highest BCUT2D eigenvalue weighted by molar-refractivity contribution is 7.79. The van der Waals surface area contributed by atoms with Crippen LogP contribution in [-0.2, 0) is 10.5 Å². The fourth-order valence-electron chi connectivity index (χ4n) is 1.46. The van der Waals surface area contributed by atoms with Gasteiger partial charge in [-0.15, -0.1) is 0 Å². The molecule has 0 saturated carbocycles. The lowest BCUT2D eigenvalue weighted by Gasteiger charge is -2.18. The van der Waals surface area contributed by atoms with Crippen LogP contribution in [-0.4, -0.2) is 28.8 Å². The van der Waals surface area contributed by atoms with E-state index < -0.39 is 12.2 Å². The summed E-state index contributed by atoms with van der Waals surface area (Å²) in [5.41, 5.74) is 1.59. The van der Waals surface area contributed by atoms with Crippen LogP contribution in [0.25, 0.3) is 0 Å². The van der Waals surface area contributed by atoms with Gasteiger partial charge >= 0.3 is 0 Å². The Labute approximate surface area is 106 Å². The van der Waals surface area contributed by atoms with Crippen molar-refractivity contribution < 1.29 is 15.0 Å². The second-order valence-corrected chi connectivity index (χ2v) is 4.17. The molecule has 0 heterocycles. The molecule has 2 unspecified atom stereocenters. The molecule has 1 aromatic carbocycles. The second kappa shape index (κ2) is 6.64. The maximum atomic E-state index is 10.7. The number of nitrogens with one attached hydrogen (secondary N) is 1. The van der Waals surface area contributed by atoms with Crippen molar-refractivity contribution in [3.05, 3.63) is 35.4 Å². The quantitative estimate of drug-likeness (QED) is 0.584. The van der Waals surface area contributed by atoms with E-state index in [0.717, 1.165) is 5.56 Å². The third-order valence-electron chi connectivity index (χ3n) is 2.40. The number of aliphatic hydroxyl groups excluding tert-OH is 2. The molecule has 0 bridgehead atoms. The molecule has 0 aliphatic heterocycles. The van der Waals surface area contributed by atoms with Gasteiger partial charge < -0.3 is 15.5 Å². The van der Waals surface area contributed by atoms with Crippen LogP contribution >= 0.6 is 12.6 Å². The summed E-state index contributed by atoms with van der Waals surface area (Å²) in [6.45, 7) is 1.39. The monoisotopic (exact) mass is 255 g/mol. The van der Waals surface area contributed by atoms with Crippen LogP contribution in [0.2, 0.25) is 0 Å². The van der Waals surface area contributed by atoms with E-state index in [1.807, 2.05) is 6.07 Å². The lowest BCUT2D eigenvalue weighted by Crippen LogP contribution is -2.34. The Bertz CT molecular complexity index is 384. The third kappa shape index (κ3) is 4.38. The minimum Gasteiger partial charge on any atom is -0.388 e. The Kier molecular flexibility index (Phi) is 5.47. The van der Waals surface area contributed by atoms with Crippen LogP contribution in [0.15, 0.2) is 24.3 Å². The summed E-state index contributed by atoms with van der Waals surface area (Å²) in [7, 11) is 0. The number of hydrogen-bond acceptors (Lipinski definition) is 4. The number of hydrogen-bond donors (Lipinski definition) is 4. The van der Waals surface area contributed by atoms with Crippen molar-refractivity contribution in [2.24, 2.45) is 0 Å². The van der Waals surface area contributed by atoms with E-state index >= 15 is 0 Å². The van der Waals surface area contributed by atoms with Gasteiger partial charge in [-0.05, 0) is 11.1 Å². The van der Waals surface area contributed by atoms with Gasteiger partial charge in [0.25, 0.3) is 0 Å². The fraction of sp³-hybridized carbons (Fsp3) is 0.417. The number of benzene rings is 1. The summed E-state index contributed by atoms with van der Waals surface area (Å²) >= 11 is 4.14. The van der Waals surface area contributed by atoms with Crippen molar-refractivity contribution in [3.63, 3.8) is 0 Å². The van der Waals surface area contributed by atoms with Gasteiger partial charge in [0, 0.05) is 19.2 Å². The molecule has 1 aromatic rings. The molecule has 0 saturated heterocycles. The van der Waals surface area contributed by atoms with E-state index in [1.54, 1.807) is 18.2 Å². The highest BCUT2D eigenvalue weighted by Crippen LogP contribution is 2.18. The van der Waals surface area contributed by atoms with Crippen LogP contribution < -0.4 is 5.32 Å². The molecule has 1 amide bonds. The SMILES string of the molecule is CC(=O)NCC(O)C(O)c1cccc(CS)c1. The van der Waals surface area contributed by atoms with Crippen LogP contribution in [0.3, 0.4) is 0 Å². The number of carbonyl (C=O) groups excluding carboxylic acids is 1. The summed E-state index contributed by atoms with van der Waals surface area (Å²) in [5, 5.41) is 22.1. The number of rotatable bonds is 5. The zero-order valence-corrected chi connectivity index (χ0v) is 10.5. The van der Waals surface area contributed by atoms with Gasteiger partial charge in [0.1, 0.15) is 12.2 Å². The minimum atomic E-state index is -1.02. The Morgan fingerprint density at radius 1 is 1.47 bits per heavy atom. The third-order valence-corrected chi connectivity index (χ3v) is 2.76. The molecule has 3 N–H and O–H groups in total. The summed E-state index contributed by atoms with van der Waals surface area (Å²) in [5.74, 6) is 0.336. The average Bonchev–Trinajstić information content (AvgIpc) is 2.35. The lowest BCUT2D eigenvalue weighted by atomic mass is 10.0. The maximum absolute atomic E-state index is 10.7. The Morgan fingerprint density at radius 3 is 2.76 bits per heavy atom. The van der Waals surface area contributed by atoms with Crippen LogP contribution in [0.4, 0.5) is 0 Å². The van der Waals surface area contributed by atoms with Gasteiger partial charge in [0.15, 0.2) is 0 Å². The predicted octanol–water partition coefficient (Wildman–Crippen LogP) is 0.647. The molecule has 0 radical (unpaired) electrons. The fourth-order valence-corrected chi connectivity index (χ4v) is 1.65. The number of aliphatic hydroxyl groups is 2. The number of amides is 1. The highest BCUT2D eigenvalue weighted by Gasteiger charge is 2.18. The first-order valence-electron chi connectivity index (χ1n) is 5.35. The van der Waals surface area contributed by atoms with Gasteiger partial charge in [0.05, 0.1) is 0 Å². The zero-order valence-electron chi connectivity index (χ0n) is 9.63. The summed E-state index contributed by atoms with van der Waals surface area (Å²) < 4.78 is 0. The van der Waals surface area contributed by atoms with Crippen LogP contribution in [0, 0.1) is 0 Å². The van der Waals surface area contributed by atoms with Gasteiger partial charge in [-0.1, -0.05) is 24.3 Å².